The zero-order chi connectivity index (χ0) is 12.8. The van der Waals surface area contributed by atoms with Crippen LogP contribution in [0.1, 0.15) is 25.3 Å². The molecule has 0 aliphatic rings. The number of nitrogens with two attached hydrogens (primary N) is 1. The summed E-state index contributed by atoms with van der Waals surface area (Å²) < 4.78 is 1.02. The van der Waals surface area contributed by atoms with Gasteiger partial charge in [0.1, 0.15) is 5.84 Å². The highest BCUT2D eigenvalue weighted by Gasteiger charge is 2.10. The summed E-state index contributed by atoms with van der Waals surface area (Å²) in [7, 11) is 0. The minimum Gasteiger partial charge on any atom is -0.409 e. The summed E-state index contributed by atoms with van der Waals surface area (Å²) in [5.74, 6) is 0.243. The molecule has 0 fully saturated rings. The van der Waals surface area contributed by atoms with Gasteiger partial charge in [0.25, 0.3) is 0 Å². The maximum atomic E-state index is 8.56. The molecule has 0 bridgehead atoms. The number of nitrogens with one attached hydrogen (secondary N) is 1. The highest BCUT2D eigenvalue weighted by molar-refractivity contribution is 9.10. The van der Waals surface area contributed by atoms with Crippen molar-refractivity contribution in [3.05, 3.63) is 28.2 Å². The number of hydrogen-bond acceptors (Lipinski definition) is 3. The molecule has 0 radical (unpaired) electrons. The average Bonchev–Trinajstić information content (AvgIpc) is 2.31. The summed E-state index contributed by atoms with van der Waals surface area (Å²) in [4.78, 5) is 0. The molecule has 0 aliphatic heterocycles. The van der Waals surface area contributed by atoms with Gasteiger partial charge in [-0.25, -0.2) is 0 Å². The number of anilines is 1. The highest BCUT2D eigenvalue weighted by atomic mass is 79.9. The summed E-state index contributed by atoms with van der Waals surface area (Å²) in [6.45, 7) is 4.10. The number of benzene rings is 1. The molecule has 4 nitrogen and oxygen atoms in total. The summed E-state index contributed by atoms with van der Waals surface area (Å²) >= 11 is 3.51. The number of nitrogens with zero attached hydrogens (tertiary/aromatic N) is 1. The van der Waals surface area contributed by atoms with Crippen molar-refractivity contribution in [2.45, 2.75) is 32.7 Å². The highest BCUT2D eigenvalue weighted by Crippen LogP contribution is 2.24. The second kappa shape index (κ2) is 6.49. The van der Waals surface area contributed by atoms with Crippen molar-refractivity contribution in [2.75, 3.05) is 5.32 Å². The third kappa shape index (κ3) is 4.26. The predicted octanol–water partition coefficient (Wildman–Crippen LogP) is 3.08. The average molecular weight is 300 g/mol. The van der Waals surface area contributed by atoms with Crippen LogP contribution in [0.25, 0.3) is 0 Å². The van der Waals surface area contributed by atoms with Crippen molar-refractivity contribution in [1.82, 2.24) is 0 Å². The van der Waals surface area contributed by atoms with E-state index in [2.05, 4.69) is 39.4 Å². The van der Waals surface area contributed by atoms with E-state index in [1.54, 1.807) is 0 Å². The van der Waals surface area contributed by atoms with Crippen LogP contribution in [-0.2, 0) is 0 Å². The predicted molar refractivity (Wildman–Crippen MR) is 74.6 cm³/mol. The van der Waals surface area contributed by atoms with Gasteiger partial charge in [-0.2, -0.15) is 0 Å². The van der Waals surface area contributed by atoms with E-state index in [4.69, 9.17) is 10.9 Å². The van der Waals surface area contributed by atoms with Crippen molar-refractivity contribution in [1.29, 1.82) is 0 Å². The van der Waals surface area contributed by atoms with Gasteiger partial charge in [-0.3, -0.25) is 0 Å². The Morgan fingerprint density at radius 3 is 2.82 bits per heavy atom. The first-order chi connectivity index (χ1) is 8.06. The van der Waals surface area contributed by atoms with E-state index in [0.29, 0.717) is 6.42 Å². The third-order valence-electron chi connectivity index (χ3n) is 2.56. The lowest BCUT2D eigenvalue weighted by Crippen LogP contribution is -2.26. The summed E-state index contributed by atoms with van der Waals surface area (Å²) in [6.07, 6.45) is 1.42. The van der Waals surface area contributed by atoms with Crippen molar-refractivity contribution < 1.29 is 5.21 Å². The Morgan fingerprint density at radius 1 is 1.59 bits per heavy atom. The number of hydrogen-bond donors (Lipinski definition) is 3. The van der Waals surface area contributed by atoms with Crippen LogP contribution in [0, 0.1) is 6.92 Å². The topological polar surface area (TPSA) is 70.6 Å². The minimum absolute atomic E-state index is 0.157. The van der Waals surface area contributed by atoms with Crippen LogP contribution in [0.4, 0.5) is 5.69 Å². The van der Waals surface area contributed by atoms with Crippen LogP contribution >= 0.6 is 15.9 Å². The number of rotatable bonds is 5. The van der Waals surface area contributed by atoms with Crippen molar-refractivity contribution in [3.63, 3.8) is 0 Å². The van der Waals surface area contributed by atoms with Crippen LogP contribution in [0.15, 0.2) is 27.8 Å². The van der Waals surface area contributed by atoms with Crippen molar-refractivity contribution in [3.8, 4) is 0 Å². The molecule has 17 heavy (non-hydrogen) atoms. The lowest BCUT2D eigenvalue weighted by atomic mass is 10.1. The number of amidine groups is 1. The molecular weight excluding hydrogens is 282 g/mol. The Labute approximate surface area is 110 Å². The zero-order valence-corrected chi connectivity index (χ0v) is 11.7. The second-order valence-electron chi connectivity index (χ2n) is 4.03. The molecule has 0 amide bonds. The number of aryl methyl sites for hydroxylation is 1. The normalized spacial score (nSPS) is 13.5. The van der Waals surface area contributed by atoms with Gasteiger partial charge < -0.3 is 16.3 Å². The van der Waals surface area contributed by atoms with E-state index in [9.17, 15) is 0 Å². The molecule has 0 aromatic heterocycles. The van der Waals surface area contributed by atoms with Crippen LogP contribution in [0.3, 0.4) is 0 Å². The molecule has 1 atom stereocenters. The molecule has 0 saturated heterocycles. The lowest BCUT2D eigenvalue weighted by Gasteiger charge is -2.18. The van der Waals surface area contributed by atoms with Crippen LogP contribution in [-0.4, -0.2) is 17.1 Å². The second-order valence-corrected chi connectivity index (χ2v) is 4.88. The number of oxime groups is 1. The smallest absolute Gasteiger partial charge is 0.141 e. The third-order valence-corrected chi connectivity index (χ3v) is 3.22. The van der Waals surface area contributed by atoms with E-state index in [0.717, 1.165) is 16.6 Å². The maximum Gasteiger partial charge on any atom is 0.141 e. The van der Waals surface area contributed by atoms with Gasteiger partial charge in [0, 0.05) is 22.6 Å². The Balaban J connectivity index is 2.73. The maximum absolute atomic E-state index is 8.56. The van der Waals surface area contributed by atoms with E-state index in [1.165, 1.54) is 5.56 Å². The van der Waals surface area contributed by atoms with Gasteiger partial charge in [0.15, 0.2) is 0 Å². The van der Waals surface area contributed by atoms with Crippen molar-refractivity contribution >= 4 is 27.5 Å². The molecule has 5 heteroatoms. The van der Waals surface area contributed by atoms with E-state index in [1.807, 2.05) is 19.1 Å². The van der Waals surface area contributed by atoms with Gasteiger partial charge in [-0.15, -0.1) is 0 Å². The van der Waals surface area contributed by atoms with Gasteiger partial charge >= 0.3 is 0 Å². The molecule has 4 N–H and O–H groups in total. The van der Waals surface area contributed by atoms with Gasteiger partial charge in [0.05, 0.1) is 0 Å². The zero-order valence-electron chi connectivity index (χ0n) is 10.1. The largest absolute Gasteiger partial charge is 0.409 e. The Kier molecular flexibility index (Phi) is 5.28. The van der Waals surface area contributed by atoms with E-state index >= 15 is 0 Å². The molecule has 0 saturated carbocycles. The quantitative estimate of drug-likeness (QED) is 0.339. The molecule has 0 heterocycles. The molecule has 1 aromatic carbocycles. The first kappa shape index (κ1) is 13.8. The minimum atomic E-state index is 0.157. The van der Waals surface area contributed by atoms with E-state index < -0.39 is 0 Å². The molecular formula is C12H18BrN3O. The fraction of sp³-hybridized carbons (Fsp3) is 0.417. The first-order valence-electron chi connectivity index (χ1n) is 5.56. The first-order valence-corrected chi connectivity index (χ1v) is 6.35. The van der Waals surface area contributed by atoms with E-state index in [-0.39, 0.29) is 11.9 Å². The van der Waals surface area contributed by atoms with Gasteiger partial charge in [-0.1, -0.05) is 18.1 Å². The fourth-order valence-corrected chi connectivity index (χ4v) is 2.16. The summed E-state index contributed by atoms with van der Waals surface area (Å²) in [5, 5.41) is 14.9. The summed E-state index contributed by atoms with van der Waals surface area (Å²) in [6, 6.07) is 6.28. The molecule has 0 aliphatic carbocycles. The summed E-state index contributed by atoms with van der Waals surface area (Å²) in [5.41, 5.74) is 7.74. The van der Waals surface area contributed by atoms with Gasteiger partial charge in [-0.05, 0) is 47.0 Å². The fourth-order valence-electron chi connectivity index (χ4n) is 1.55. The van der Waals surface area contributed by atoms with Gasteiger partial charge in [0.2, 0.25) is 0 Å². The van der Waals surface area contributed by atoms with Crippen molar-refractivity contribution in [2.24, 2.45) is 10.9 Å². The molecule has 94 valence electrons. The Bertz CT molecular complexity index is 407. The Hall–Kier alpha value is -1.23. The molecule has 0 spiro atoms. The standard InChI is InChI=1S/C12H18BrN3O/c1-3-9(7-12(14)16-17)15-11-5-4-8(2)6-10(11)13/h4-6,9,15,17H,3,7H2,1-2H3,(H2,14,16). The van der Waals surface area contributed by atoms with Crippen LogP contribution in [0.5, 0.6) is 0 Å². The monoisotopic (exact) mass is 299 g/mol. The van der Waals surface area contributed by atoms with Crippen LogP contribution < -0.4 is 11.1 Å². The molecule has 1 unspecified atom stereocenters. The Morgan fingerprint density at radius 2 is 2.29 bits per heavy atom. The van der Waals surface area contributed by atoms with Crippen LogP contribution in [0.2, 0.25) is 0 Å². The number of halogens is 1. The molecule has 1 aromatic rings. The lowest BCUT2D eigenvalue weighted by molar-refractivity contribution is 0.316. The SMILES string of the molecule is CCC(CC(N)=NO)Nc1ccc(C)cc1Br. The molecule has 1 rings (SSSR count).